The molecule has 1 heterocycles. The minimum Gasteiger partial charge on any atom is -0.341 e. The SMILES string of the molecule is C=C(C=CC)N1CCCC(=NCC)C1=C. The Morgan fingerprint density at radius 1 is 1.60 bits per heavy atom. The first-order chi connectivity index (χ1) is 7.20. The maximum atomic E-state index is 4.47. The molecule has 0 N–H and O–H groups in total. The summed E-state index contributed by atoms with van der Waals surface area (Å²) in [5.41, 5.74) is 3.16. The van der Waals surface area contributed by atoms with Crippen molar-refractivity contribution in [1.82, 2.24) is 4.90 Å². The van der Waals surface area contributed by atoms with Crippen molar-refractivity contribution in [3.63, 3.8) is 0 Å². The minimum absolute atomic E-state index is 0.832. The first kappa shape index (κ1) is 11.8. The number of hydrogen-bond acceptors (Lipinski definition) is 2. The third-order valence-corrected chi connectivity index (χ3v) is 2.51. The molecule has 1 aliphatic rings. The fraction of sp³-hybridized carbons (Fsp3) is 0.462. The van der Waals surface area contributed by atoms with Crippen LogP contribution < -0.4 is 0 Å². The molecule has 1 aliphatic heterocycles. The van der Waals surface area contributed by atoms with E-state index >= 15 is 0 Å². The molecule has 0 aliphatic carbocycles. The molecule has 0 amide bonds. The third kappa shape index (κ3) is 2.82. The predicted molar refractivity (Wildman–Crippen MR) is 67.0 cm³/mol. The van der Waals surface area contributed by atoms with Gasteiger partial charge in [0.1, 0.15) is 0 Å². The van der Waals surface area contributed by atoms with Crippen molar-refractivity contribution in [3.8, 4) is 0 Å². The fourth-order valence-electron chi connectivity index (χ4n) is 1.80. The van der Waals surface area contributed by atoms with E-state index in [1.165, 1.54) is 0 Å². The van der Waals surface area contributed by atoms with E-state index in [1.807, 2.05) is 19.1 Å². The smallest absolute Gasteiger partial charge is 0.0579 e. The molecule has 0 aromatic heterocycles. The summed E-state index contributed by atoms with van der Waals surface area (Å²) in [5.74, 6) is 0. The molecule has 0 atom stereocenters. The van der Waals surface area contributed by atoms with E-state index in [2.05, 4.69) is 30.0 Å². The minimum atomic E-state index is 0.832. The van der Waals surface area contributed by atoms with Crippen molar-refractivity contribution in [2.75, 3.05) is 13.1 Å². The van der Waals surface area contributed by atoms with Gasteiger partial charge in [-0.3, -0.25) is 4.99 Å². The molecule has 1 saturated heterocycles. The average Bonchev–Trinajstić information content (AvgIpc) is 2.22. The van der Waals surface area contributed by atoms with Gasteiger partial charge in [-0.25, -0.2) is 0 Å². The standard InChI is InChI=1S/C13H20N2/c1-5-8-11(3)15-10-7-9-13(12(15)4)14-6-2/h5,8H,3-4,6-7,9-10H2,1-2H3. The van der Waals surface area contributed by atoms with Gasteiger partial charge >= 0.3 is 0 Å². The molecule has 0 radical (unpaired) electrons. The summed E-state index contributed by atoms with van der Waals surface area (Å²) in [7, 11) is 0. The molecule has 2 heteroatoms. The quantitative estimate of drug-likeness (QED) is 0.645. The van der Waals surface area contributed by atoms with Crippen LogP contribution in [0.1, 0.15) is 26.7 Å². The van der Waals surface area contributed by atoms with Gasteiger partial charge in [0.2, 0.25) is 0 Å². The first-order valence-electron chi connectivity index (χ1n) is 5.52. The molecule has 0 spiro atoms. The Balaban J connectivity index is 2.79. The fourth-order valence-corrected chi connectivity index (χ4v) is 1.80. The number of allylic oxidation sites excluding steroid dienone is 3. The number of likely N-dealkylation sites (tertiary alicyclic amines) is 1. The lowest BCUT2D eigenvalue weighted by atomic mass is 10.0. The number of aliphatic imine (C=N–C) groups is 1. The highest BCUT2D eigenvalue weighted by molar-refractivity contribution is 6.00. The number of rotatable bonds is 3. The third-order valence-electron chi connectivity index (χ3n) is 2.51. The van der Waals surface area contributed by atoms with Gasteiger partial charge in [0, 0.05) is 18.8 Å². The van der Waals surface area contributed by atoms with Gasteiger partial charge in [-0.2, -0.15) is 0 Å². The summed E-state index contributed by atoms with van der Waals surface area (Å²) in [6.45, 7) is 14.0. The maximum absolute atomic E-state index is 4.47. The van der Waals surface area contributed by atoms with Crippen molar-refractivity contribution < 1.29 is 0 Å². The largest absolute Gasteiger partial charge is 0.341 e. The second kappa shape index (κ2) is 5.54. The van der Waals surface area contributed by atoms with Crippen LogP contribution in [0.3, 0.4) is 0 Å². The van der Waals surface area contributed by atoms with E-state index in [-0.39, 0.29) is 0 Å². The molecule has 0 saturated carbocycles. The predicted octanol–water partition coefficient (Wildman–Crippen LogP) is 3.15. The van der Waals surface area contributed by atoms with Crippen molar-refractivity contribution >= 4 is 5.71 Å². The molecule has 15 heavy (non-hydrogen) atoms. The molecule has 1 fully saturated rings. The van der Waals surface area contributed by atoms with E-state index < -0.39 is 0 Å². The Labute approximate surface area is 92.7 Å². The Morgan fingerprint density at radius 2 is 2.33 bits per heavy atom. The summed E-state index contributed by atoms with van der Waals surface area (Å²) in [4.78, 5) is 6.62. The van der Waals surface area contributed by atoms with Crippen LogP contribution in [0.2, 0.25) is 0 Å². The second-order valence-corrected chi connectivity index (χ2v) is 3.61. The van der Waals surface area contributed by atoms with Crippen molar-refractivity contribution in [2.45, 2.75) is 26.7 Å². The molecular weight excluding hydrogens is 184 g/mol. The Kier molecular flexibility index (Phi) is 4.35. The Morgan fingerprint density at radius 3 is 2.93 bits per heavy atom. The van der Waals surface area contributed by atoms with Crippen LogP contribution in [0.5, 0.6) is 0 Å². The van der Waals surface area contributed by atoms with Crippen LogP contribution in [0.4, 0.5) is 0 Å². The van der Waals surface area contributed by atoms with Gasteiger partial charge in [-0.15, -0.1) is 0 Å². The van der Waals surface area contributed by atoms with Crippen LogP contribution in [0, 0.1) is 0 Å². The lowest BCUT2D eigenvalue weighted by Gasteiger charge is -2.32. The second-order valence-electron chi connectivity index (χ2n) is 3.61. The van der Waals surface area contributed by atoms with Crippen molar-refractivity contribution in [1.29, 1.82) is 0 Å². The summed E-state index contributed by atoms with van der Waals surface area (Å²) >= 11 is 0. The van der Waals surface area contributed by atoms with Gasteiger partial charge < -0.3 is 4.90 Å². The monoisotopic (exact) mass is 204 g/mol. The van der Waals surface area contributed by atoms with Gasteiger partial charge in [-0.05, 0) is 32.8 Å². The maximum Gasteiger partial charge on any atom is 0.0579 e. The Bertz CT molecular complexity index is 310. The lowest BCUT2D eigenvalue weighted by Crippen LogP contribution is -2.31. The van der Waals surface area contributed by atoms with E-state index in [1.54, 1.807) is 0 Å². The van der Waals surface area contributed by atoms with Crippen LogP contribution >= 0.6 is 0 Å². The zero-order valence-electron chi connectivity index (χ0n) is 9.79. The van der Waals surface area contributed by atoms with E-state index in [4.69, 9.17) is 0 Å². The molecular formula is C13H20N2. The summed E-state index contributed by atoms with van der Waals surface area (Å²) < 4.78 is 0. The normalized spacial score (nSPS) is 20.3. The molecule has 0 aromatic rings. The molecule has 0 aromatic carbocycles. The van der Waals surface area contributed by atoms with Gasteiger partial charge in [0.25, 0.3) is 0 Å². The Hall–Kier alpha value is -1.31. The van der Waals surface area contributed by atoms with Crippen LogP contribution in [-0.4, -0.2) is 23.7 Å². The molecule has 1 rings (SSSR count). The lowest BCUT2D eigenvalue weighted by molar-refractivity contribution is 0.433. The summed E-state index contributed by atoms with van der Waals surface area (Å²) in [6.07, 6.45) is 6.20. The molecule has 82 valence electrons. The molecule has 2 nitrogen and oxygen atoms in total. The highest BCUT2D eigenvalue weighted by atomic mass is 15.2. The highest BCUT2D eigenvalue weighted by Gasteiger charge is 2.19. The van der Waals surface area contributed by atoms with E-state index in [9.17, 15) is 0 Å². The number of piperidine rings is 1. The topological polar surface area (TPSA) is 15.6 Å². The van der Waals surface area contributed by atoms with Crippen LogP contribution in [0.15, 0.2) is 41.7 Å². The van der Waals surface area contributed by atoms with E-state index in [0.717, 1.165) is 43.0 Å². The van der Waals surface area contributed by atoms with Gasteiger partial charge in [-0.1, -0.05) is 19.2 Å². The van der Waals surface area contributed by atoms with Crippen molar-refractivity contribution in [3.05, 3.63) is 36.7 Å². The highest BCUT2D eigenvalue weighted by Crippen LogP contribution is 2.21. The number of nitrogens with zero attached hydrogens (tertiary/aromatic N) is 2. The molecule has 0 unspecified atom stereocenters. The van der Waals surface area contributed by atoms with Gasteiger partial charge in [0.15, 0.2) is 0 Å². The van der Waals surface area contributed by atoms with Gasteiger partial charge in [0.05, 0.1) is 11.4 Å². The summed E-state index contributed by atoms with van der Waals surface area (Å²) in [5, 5.41) is 0. The zero-order valence-corrected chi connectivity index (χ0v) is 9.79. The summed E-state index contributed by atoms with van der Waals surface area (Å²) in [6, 6.07) is 0. The number of hydrogen-bond donors (Lipinski definition) is 0. The first-order valence-corrected chi connectivity index (χ1v) is 5.52. The molecule has 0 bridgehead atoms. The zero-order chi connectivity index (χ0) is 11.3. The van der Waals surface area contributed by atoms with Crippen LogP contribution in [-0.2, 0) is 0 Å². The van der Waals surface area contributed by atoms with E-state index in [0.29, 0.717) is 0 Å². The average molecular weight is 204 g/mol. The van der Waals surface area contributed by atoms with Crippen molar-refractivity contribution in [2.24, 2.45) is 4.99 Å². The van der Waals surface area contributed by atoms with Crippen LogP contribution in [0.25, 0.3) is 0 Å².